The van der Waals surface area contributed by atoms with E-state index in [9.17, 15) is 0 Å². The van der Waals surface area contributed by atoms with E-state index in [1.165, 1.54) is 23.4 Å². The lowest BCUT2D eigenvalue weighted by Crippen LogP contribution is -2.25. The number of aryl methyl sites for hydroxylation is 1. The Bertz CT molecular complexity index is 798. The van der Waals surface area contributed by atoms with Crippen LogP contribution in [0.3, 0.4) is 0 Å². The summed E-state index contributed by atoms with van der Waals surface area (Å²) in [6, 6.07) is 12.1. The van der Waals surface area contributed by atoms with E-state index >= 15 is 0 Å². The van der Waals surface area contributed by atoms with E-state index in [-0.39, 0.29) is 5.92 Å². The standard InChI is InChI=1S/C23H33N3O2/c1-6-7-8-17-9-11-18(12-10-17)26(25)15-21(24)20-13-19(16(2)3)22(27-4)14-23(20)28-5/h9-16H,6-8,24-25H2,1-5H3/b21-15-. The van der Waals surface area contributed by atoms with Gasteiger partial charge in [0.25, 0.3) is 0 Å². The van der Waals surface area contributed by atoms with Gasteiger partial charge in [0, 0.05) is 17.8 Å². The Labute approximate surface area is 168 Å². The Morgan fingerprint density at radius 1 is 1.07 bits per heavy atom. The van der Waals surface area contributed by atoms with Crippen molar-refractivity contribution in [1.82, 2.24) is 0 Å². The van der Waals surface area contributed by atoms with E-state index in [1.54, 1.807) is 20.4 Å². The zero-order valence-electron chi connectivity index (χ0n) is 17.7. The Hall–Kier alpha value is -2.66. The van der Waals surface area contributed by atoms with Crippen molar-refractivity contribution in [3.8, 4) is 11.5 Å². The summed E-state index contributed by atoms with van der Waals surface area (Å²) >= 11 is 0. The Morgan fingerprint density at radius 2 is 1.71 bits per heavy atom. The molecule has 4 N–H and O–H groups in total. The average Bonchev–Trinajstić information content (AvgIpc) is 2.71. The lowest BCUT2D eigenvalue weighted by molar-refractivity contribution is 0.389. The summed E-state index contributed by atoms with van der Waals surface area (Å²) in [5.74, 6) is 7.97. The van der Waals surface area contributed by atoms with Gasteiger partial charge in [-0.15, -0.1) is 0 Å². The predicted molar refractivity (Wildman–Crippen MR) is 118 cm³/mol. The average molecular weight is 384 g/mol. The lowest BCUT2D eigenvalue weighted by atomic mass is 9.97. The van der Waals surface area contributed by atoms with Gasteiger partial charge in [0.1, 0.15) is 11.5 Å². The maximum Gasteiger partial charge on any atom is 0.131 e. The Morgan fingerprint density at radius 3 is 2.25 bits per heavy atom. The third-order valence-corrected chi connectivity index (χ3v) is 4.82. The molecule has 5 nitrogen and oxygen atoms in total. The number of nitrogens with zero attached hydrogens (tertiary/aromatic N) is 1. The number of anilines is 1. The van der Waals surface area contributed by atoms with E-state index in [1.807, 2.05) is 24.3 Å². The highest BCUT2D eigenvalue weighted by Crippen LogP contribution is 2.35. The molecule has 0 spiro atoms. The zero-order chi connectivity index (χ0) is 20.7. The zero-order valence-corrected chi connectivity index (χ0v) is 17.7. The van der Waals surface area contributed by atoms with Crippen LogP contribution < -0.4 is 26.1 Å². The summed E-state index contributed by atoms with van der Waals surface area (Å²) in [6.07, 6.45) is 5.18. The van der Waals surface area contributed by atoms with Crippen LogP contribution >= 0.6 is 0 Å². The van der Waals surface area contributed by atoms with Gasteiger partial charge in [-0.25, -0.2) is 5.84 Å². The molecule has 0 aliphatic carbocycles. The van der Waals surface area contributed by atoms with Gasteiger partial charge >= 0.3 is 0 Å². The molecule has 2 rings (SSSR count). The third kappa shape index (κ3) is 5.20. The van der Waals surface area contributed by atoms with Gasteiger partial charge < -0.3 is 15.2 Å². The molecule has 0 heterocycles. The summed E-state index contributed by atoms with van der Waals surface area (Å²) in [5.41, 5.74) is 11.0. The van der Waals surface area contributed by atoms with E-state index < -0.39 is 0 Å². The summed E-state index contributed by atoms with van der Waals surface area (Å²) in [6.45, 7) is 6.42. The number of unbranched alkanes of at least 4 members (excludes halogenated alkanes) is 1. The molecule has 0 amide bonds. The minimum absolute atomic E-state index is 0.289. The highest BCUT2D eigenvalue weighted by Gasteiger charge is 2.16. The summed E-state index contributed by atoms with van der Waals surface area (Å²) in [4.78, 5) is 0. The van der Waals surface area contributed by atoms with Crippen molar-refractivity contribution in [3.05, 3.63) is 59.3 Å². The van der Waals surface area contributed by atoms with Crippen molar-refractivity contribution in [2.75, 3.05) is 19.2 Å². The molecule has 152 valence electrons. The smallest absolute Gasteiger partial charge is 0.131 e. The number of methoxy groups -OCH3 is 2. The summed E-state index contributed by atoms with van der Waals surface area (Å²) in [5, 5.41) is 1.54. The van der Waals surface area contributed by atoms with Gasteiger partial charge in [0.2, 0.25) is 0 Å². The van der Waals surface area contributed by atoms with E-state index in [4.69, 9.17) is 21.1 Å². The first-order chi connectivity index (χ1) is 13.4. The Kier molecular flexibility index (Phi) is 7.76. The van der Waals surface area contributed by atoms with Gasteiger partial charge in [-0.2, -0.15) is 0 Å². The van der Waals surface area contributed by atoms with Gasteiger partial charge in [0.05, 0.1) is 25.6 Å². The molecule has 0 radical (unpaired) electrons. The number of nitrogens with two attached hydrogens (primary N) is 2. The van der Waals surface area contributed by atoms with E-state index in [0.717, 1.165) is 29.0 Å². The first-order valence-corrected chi connectivity index (χ1v) is 9.77. The highest BCUT2D eigenvalue weighted by molar-refractivity contribution is 5.72. The molecule has 0 bridgehead atoms. The molecule has 0 saturated carbocycles. The lowest BCUT2D eigenvalue weighted by Gasteiger charge is -2.19. The molecule has 0 aliphatic heterocycles. The molecular formula is C23H33N3O2. The number of hydrazine groups is 1. The fourth-order valence-corrected chi connectivity index (χ4v) is 3.11. The van der Waals surface area contributed by atoms with Crippen molar-refractivity contribution in [1.29, 1.82) is 0 Å². The summed E-state index contributed by atoms with van der Waals surface area (Å²) in [7, 11) is 3.28. The maximum atomic E-state index is 6.38. The topological polar surface area (TPSA) is 73.7 Å². The number of ether oxygens (including phenoxy) is 2. The van der Waals surface area contributed by atoms with Crippen LogP contribution in [-0.2, 0) is 6.42 Å². The van der Waals surface area contributed by atoms with Crippen molar-refractivity contribution in [2.45, 2.75) is 46.0 Å². The first kappa shape index (κ1) is 21.6. The van der Waals surface area contributed by atoms with E-state index in [0.29, 0.717) is 11.4 Å². The molecule has 0 aliphatic rings. The SMILES string of the molecule is CCCCc1ccc(N(N)/C=C(\N)c2cc(C(C)C)c(OC)cc2OC)cc1. The quantitative estimate of drug-likeness (QED) is 0.480. The van der Waals surface area contributed by atoms with Crippen LogP contribution in [-0.4, -0.2) is 14.2 Å². The van der Waals surface area contributed by atoms with Crippen molar-refractivity contribution in [3.63, 3.8) is 0 Å². The van der Waals surface area contributed by atoms with Gasteiger partial charge in [-0.3, -0.25) is 5.01 Å². The third-order valence-electron chi connectivity index (χ3n) is 4.82. The number of hydrogen-bond donors (Lipinski definition) is 2. The number of benzene rings is 2. The molecule has 0 fully saturated rings. The largest absolute Gasteiger partial charge is 0.496 e. The fraction of sp³-hybridized carbons (Fsp3) is 0.391. The molecule has 28 heavy (non-hydrogen) atoms. The molecule has 2 aromatic rings. The normalized spacial score (nSPS) is 11.6. The molecule has 0 atom stereocenters. The monoisotopic (exact) mass is 383 g/mol. The Balaban J connectivity index is 2.31. The van der Waals surface area contributed by atoms with Crippen LogP contribution in [0, 0.1) is 0 Å². The van der Waals surface area contributed by atoms with Crippen molar-refractivity contribution >= 4 is 11.4 Å². The highest BCUT2D eigenvalue weighted by atomic mass is 16.5. The fourth-order valence-electron chi connectivity index (χ4n) is 3.11. The minimum Gasteiger partial charge on any atom is -0.496 e. The first-order valence-electron chi connectivity index (χ1n) is 9.77. The molecule has 5 heteroatoms. The van der Waals surface area contributed by atoms with Crippen molar-refractivity contribution in [2.24, 2.45) is 11.6 Å². The summed E-state index contributed by atoms with van der Waals surface area (Å²) < 4.78 is 11.0. The van der Waals surface area contributed by atoms with Gasteiger partial charge in [-0.05, 0) is 48.1 Å². The molecular weight excluding hydrogens is 350 g/mol. The molecule has 0 saturated heterocycles. The second-order valence-corrected chi connectivity index (χ2v) is 7.21. The van der Waals surface area contributed by atoms with Gasteiger partial charge in [0.15, 0.2) is 0 Å². The minimum atomic E-state index is 0.289. The van der Waals surface area contributed by atoms with Crippen LogP contribution in [0.4, 0.5) is 5.69 Å². The predicted octanol–water partition coefficient (Wildman–Crippen LogP) is 4.81. The number of hydrogen-bond acceptors (Lipinski definition) is 5. The molecule has 0 unspecified atom stereocenters. The van der Waals surface area contributed by atoms with Crippen LogP contribution in [0.1, 0.15) is 56.2 Å². The van der Waals surface area contributed by atoms with Crippen LogP contribution in [0.5, 0.6) is 11.5 Å². The molecule has 0 aromatic heterocycles. The van der Waals surface area contributed by atoms with E-state index in [2.05, 4.69) is 32.9 Å². The maximum absolute atomic E-state index is 6.38. The van der Waals surface area contributed by atoms with Gasteiger partial charge in [-0.1, -0.05) is 39.3 Å². The number of rotatable bonds is 9. The van der Waals surface area contributed by atoms with Crippen molar-refractivity contribution < 1.29 is 9.47 Å². The molecule has 2 aromatic carbocycles. The van der Waals surface area contributed by atoms with Crippen LogP contribution in [0.15, 0.2) is 42.6 Å². The van der Waals surface area contributed by atoms with Crippen LogP contribution in [0.2, 0.25) is 0 Å². The second kappa shape index (κ2) is 10.0. The van der Waals surface area contributed by atoms with Crippen LogP contribution in [0.25, 0.3) is 5.70 Å². The second-order valence-electron chi connectivity index (χ2n) is 7.21.